The van der Waals surface area contributed by atoms with E-state index in [1.807, 2.05) is 0 Å². The summed E-state index contributed by atoms with van der Waals surface area (Å²) in [5.74, 6) is -0.0748. The molecule has 62 valence electrons. The largest absolute Gasteiger partial charge is 0.459 e. The average Bonchev–Trinajstić information content (AvgIpc) is 2.45. The van der Waals surface area contributed by atoms with E-state index in [4.69, 9.17) is 14.6 Å². The van der Waals surface area contributed by atoms with Crippen LogP contribution in [0.4, 0.5) is 0 Å². The number of hydrogen-bond donors (Lipinski definition) is 1. The lowest BCUT2D eigenvalue weighted by molar-refractivity contribution is -0.142. The Morgan fingerprint density at radius 1 is 1.64 bits per heavy atom. The first-order chi connectivity index (χ1) is 5.31. The standard InChI is InChI=1S/C7H10O4/c8-2-5-4-1-7(9)11-6(4)3-10-5/h4-6,8H,1-3H2/t4-,5-,6+/m1/s1. The van der Waals surface area contributed by atoms with Gasteiger partial charge in [-0.15, -0.1) is 0 Å². The van der Waals surface area contributed by atoms with Crippen molar-refractivity contribution in [1.82, 2.24) is 0 Å². The summed E-state index contributed by atoms with van der Waals surface area (Å²) in [7, 11) is 0. The van der Waals surface area contributed by atoms with Crippen LogP contribution in [0.1, 0.15) is 6.42 Å². The van der Waals surface area contributed by atoms with Crippen LogP contribution in [0, 0.1) is 5.92 Å². The van der Waals surface area contributed by atoms with Gasteiger partial charge in [0, 0.05) is 5.92 Å². The Morgan fingerprint density at radius 3 is 3.18 bits per heavy atom. The average molecular weight is 158 g/mol. The molecule has 1 N–H and O–H groups in total. The van der Waals surface area contributed by atoms with Gasteiger partial charge < -0.3 is 14.6 Å². The molecule has 0 amide bonds. The molecule has 4 heteroatoms. The number of carbonyl (C=O) groups is 1. The normalized spacial score (nSPS) is 42.3. The molecule has 0 aromatic rings. The van der Waals surface area contributed by atoms with E-state index in [1.54, 1.807) is 0 Å². The van der Waals surface area contributed by atoms with E-state index in [-0.39, 0.29) is 30.7 Å². The second-order valence-corrected chi connectivity index (χ2v) is 2.95. The van der Waals surface area contributed by atoms with Crippen LogP contribution in [-0.4, -0.2) is 36.5 Å². The van der Waals surface area contributed by atoms with Crippen LogP contribution in [-0.2, 0) is 14.3 Å². The third kappa shape index (κ3) is 1.02. The van der Waals surface area contributed by atoms with Crippen molar-refractivity contribution in [2.75, 3.05) is 13.2 Å². The van der Waals surface area contributed by atoms with Crippen LogP contribution in [0.25, 0.3) is 0 Å². The number of ether oxygens (including phenoxy) is 2. The molecule has 2 saturated heterocycles. The Morgan fingerprint density at radius 2 is 2.45 bits per heavy atom. The minimum atomic E-state index is -0.188. The highest BCUT2D eigenvalue weighted by molar-refractivity contribution is 5.72. The molecule has 4 nitrogen and oxygen atoms in total. The van der Waals surface area contributed by atoms with Gasteiger partial charge in [0.05, 0.1) is 25.7 Å². The van der Waals surface area contributed by atoms with Gasteiger partial charge in [-0.3, -0.25) is 4.79 Å². The second kappa shape index (κ2) is 2.46. The smallest absolute Gasteiger partial charge is 0.306 e. The zero-order valence-electron chi connectivity index (χ0n) is 6.03. The number of aliphatic hydroxyl groups excluding tert-OH is 1. The van der Waals surface area contributed by atoms with E-state index < -0.39 is 0 Å². The minimum absolute atomic E-state index is 0.0161. The van der Waals surface area contributed by atoms with Crippen LogP contribution in [0.3, 0.4) is 0 Å². The molecule has 2 fully saturated rings. The van der Waals surface area contributed by atoms with Crippen LogP contribution in [0.15, 0.2) is 0 Å². The highest BCUT2D eigenvalue weighted by atomic mass is 16.6. The Balaban J connectivity index is 2.07. The lowest BCUT2D eigenvalue weighted by Crippen LogP contribution is -2.22. The molecule has 0 aromatic carbocycles. The monoisotopic (exact) mass is 158 g/mol. The minimum Gasteiger partial charge on any atom is -0.459 e. The first-order valence-electron chi connectivity index (χ1n) is 3.73. The quantitative estimate of drug-likeness (QED) is 0.513. The van der Waals surface area contributed by atoms with E-state index in [9.17, 15) is 4.79 Å². The molecular formula is C7H10O4. The van der Waals surface area contributed by atoms with Gasteiger partial charge in [0.1, 0.15) is 6.10 Å². The van der Waals surface area contributed by atoms with E-state index in [1.165, 1.54) is 0 Å². The van der Waals surface area contributed by atoms with Crippen molar-refractivity contribution in [2.45, 2.75) is 18.6 Å². The molecule has 0 aliphatic carbocycles. The summed E-state index contributed by atoms with van der Waals surface area (Å²) < 4.78 is 10.1. The van der Waals surface area contributed by atoms with Crippen molar-refractivity contribution in [2.24, 2.45) is 5.92 Å². The molecular weight excluding hydrogens is 148 g/mol. The maximum atomic E-state index is 10.8. The highest BCUT2D eigenvalue weighted by Gasteiger charge is 2.45. The molecule has 0 bridgehead atoms. The van der Waals surface area contributed by atoms with Gasteiger partial charge in [0.25, 0.3) is 0 Å². The Labute approximate surface area is 64.1 Å². The predicted molar refractivity (Wildman–Crippen MR) is 34.8 cm³/mol. The van der Waals surface area contributed by atoms with Gasteiger partial charge in [0.2, 0.25) is 0 Å². The van der Waals surface area contributed by atoms with Crippen molar-refractivity contribution in [3.05, 3.63) is 0 Å². The highest BCUT2D eigenvalue weighted by Crippen LogP contribution is 2.32. The molecule has 2 aliphatic heterocycles. The molecule has 0 saturated carbocycles. The Hall–Kier alpha value is -0.610. The first-order valence-corrected chi connectivity index (χ1v) is 3.73. The van der Waals surface area contributed by atoms with Crippen LogP contribution in [0.2, 0.25) is 0 Å². The van der Waals surface area contributed by atoms with Gasteiger partial charge >= 0.3 is 5.97 Å². The molecule has 0 radical (unpaired) electrons. The number of fused-ring (bicyclic) bond motifs is 1. The molecule has 3 atom stereocenters. The van der Waals surface area contributed by atoms with Crippen LogP contribution in [0.5, 0.6) is 0 Å². The van der Waals surface area contributed by atoms with Crippen LogP contribution < -0.4 is 0 Å². The summed E-state index contributed by atoms with van der Waals surface area (Å²) >= 11 is 0. The summed E-state index contributed by atoms with van der Waals surface area (Å²) in [6, 6.07) is 0. The van der Waals surface area contributed by atoms with E-state index >= 15 is 0 Å². The SMILES string of the molecule is O=C1C[C@H]2[C@H](CO[C@@H]2CO)O1. The Bertz CT molecular complexity index is 179. The van der Waals surface area contributed by atoms with Crippen molar-refractivity contribution in [3.63, 3.8) is 0 Å². The topological polar surface area (TPSA) is 55.8 Å². The van der Waals surface area contributed by atoms with E-state index in [0.29, 0.717) is 13.0 Å². The lowest BCUT2D eigenvalue weighted by atomic mass is 9.98. The number of carbonyl (C=O) groups excluding carboxylic acids is 1. The molecule has 0 spiro atoms. The zero-order valence-corrected chi connectivity index (χ0v) is 6.03. The maximum absolute atomic E-state index is 10.8. The van der Waals surface area contributed by atoms with Gasteiger partial charge in [-0.25, -0.2) is 0 Å². The number of rotatable bonds is 1. The first kappa shape index (κ1) is 7.06. The van der Waals surface area contributed by atoms with E-state index in [2.05, 4.69) is 0 Å². The molecule has 2 heterocycles. The molecule has 2 rings (SSSR count). The molecule has 2 aliphatic rings. The fourth-order valence-electron chi connectivity index (χ4n) is 1.69. The summed E-state index contributed by atoms with van der Waals surface area (Å²) in [4.78, 5) is 10.8. The predicted octanol–water partition coefficient (Wildman–Crippen LogP) is -0.691. The van der Waals surface area contributed by atoms with Gasteiger partial charge in [-0.05, 0) is 0 Å². The number of hydrogen-bond acceptors (Lipinski definition) is 4. The molecule has 11 heavy (non-hydrogen) atoms. The van der Waals surface area contributed by atoms with Gasteiger partial charge in [-0.2, -0.15) is 0 Å². The van der Waals surface area contributed by atoms with Crippen molar-refractivity contribution in [1.29, 1.82) is 0 Å². The van der Waals surface area contributed by atoms with Gasteiger partial charge in [0.15, 0.2) is 0 Å². The molecule has 0 unspecified atom stereocenters. The Kier molecular flexibility index (Phi) is 1.58. The summed E-state index contributed by atoms with van der Waals surface area (Å²) in [6.45, 7) is 0.430. The fourth-order valence-corrected chi connectivity index (χ4v) is 1.69. The third-order valence-corrected chi connectivity index (χ3v) is 2.29. The summed E-state index contributed by atoms with van der Waals surface area (Å²) in [5.41, 5.74) is 0. The third-order valence-electron chi connectivity index (χ3n) is 2.29. The van der Waals surface area contributed by atoms with Crippen LogP contribution >= 0.6 is 0 Å². The van der Waals surface area contributed by atoms with Crippen molar-refractivity contribution in [3.8, 4) is 0 Å². The van der Waals surface area contributed by atoms with Crippen molar-refractivity contribution >= 4 is 5.97 Å². The molecule has 0 aromatic heterocycles. The summed E-state index contributed by atoms with van der Waals surface area (Å²) in [5, 5.41) is 8.81. The summed E-state index contributed by atoms with van der Waals surface area (Å²) in [6.07, 6.45) is 0.113. The number of esters is 1. The number of aliphatic hydroxyl groups is 1. The van der Waals surface area contributed by atoms with Gasteiger partial charge in [-0.1, -0.05) is 0 Å². The van der Waals surface area contributed by atoms with Crippen molar-refractivity contribution < 1.29 is 19.4 Å². The van der Waals surface area contributed by atoms with E-state index in [0.717, 1.165) is 0 Å². The second-order valence-electron chi connectivity index (χ2n) is 2.95. The fraction of sp³-hybridized carbons (Fsp3) is 0.857. The lowest BCUT2D eigenvalue weighted by Gasteiger charge is -2.09. The zero-order chi connectivity index (χ0) is 7.84. The maximum Gasteiger partial charge on any atom is 0.306 e.